The molecule has 0 aromatic heterocycles. The van der Waals surface area contributed by atoms with Crippen LogP contribution >= 0.6 is 0 Å². The van der Waals surface area contributed by atoms with E-state index in [4.69, 9.17) is 9.47 Å². The fourth-order valence-corrected chi connectivity index (χ4v) is 6.50. The van der Waals surface area contributed by atoms with Crippen molar-refractivity contribution in [2.75, 3.05) is 19.6 Å². The molecule has 3 fully saturated rings. The molecule has 1 amide bonds. The van der Waals surface area contributed by atoms with Gasteiger partial charge in [-0.1, -0.05) is 44.2 Å². The lowest BCUT2D eigenvalue weighted by atomic mass is 9.76. The number of alkyl carbamates (subject to hydrolysis) is 1. The van der Waals surface area contributed by atoms with Crippen LogP contribution < -0.4 is 10.1 Å². The van der Waals surface area contributed by atoms with Gasteiger partial charge in [-0.2, -0.15) is 0 Å². The topological polar surface area (TPSA) is 50.8 Å². The normalized spacial score (nSPS) is 26.4. The molecular formula is C30H40N2O3. The number of carbonyl (C=O) groups is 1. The second kappa shape index (κ2) is 9.85. The first-order valence-electron chi connectivity index (χ1n) is 13.5. The second-order valence-electron chi connectivity index (χ2n) is 11.0. The summed E-state index contributed by atoms with van der Waals surface area (Å²) in [5, 5.41) is 3.32. The van der Waals surface area contributed by atoms with Crippen LogP contribution in [0.25, 0.3) is 11.1 Å². The number of benzene rings is 2. The van der Waals surface area contributed by atoms with E-state index in [1.807, 2.05) is 26.0 Å². The van der Waals surface area contributed by atoms with Crippen molar-refractivity contribution in [2.45, 2.75) is 78.0 Å². The van der Waals surface area contributed by atoms with Gasteiger partial charge in [0.1, 0.15) is 11.9 Å². The molecule has 2 aromatic rings. The summed E-state index contributed by atoms with van der Waals surface area (Å²) in [5.74, 6) is 1.41. The minimum atomic E-state index is -0.252. The number of nitrogens with one attached hydrogen (secondary N) is 1. The number of hydrogen-bond donors (Lipinski definition) is 1. The third kappa shape index (κ3) is 4.80. The van der Waals surface area contributed by atoms with Gasteiger partial charge >= 0.3 is 6.09 Å². The summed E-state index contributed by atoms with van der Waals surface area (Å²) in [6.45, 7) is 11.8. The van der Waals surface area contributed by atoms with Gasteiger partial charge in [-0.3, -0.25) is 4.90 Å². The quantitative estimate of drug-likeness (QED) is 0.505. The number of carbonyl (C=O) groups excluding carboxylic acids is 1. The van der Waals surface area contributed by atoms with E-state index in [9.17, 15) is 4.79 Å². The molecule has 4 aliphatic rings. The second-order valence-corrected chi connectivity index (χ2v) is 11.0. The van der Waals surface area contributed by atoms with Gasteiger partial charge < -0.3 is 14.8 Å². The zero-order valence-electron chi connectivity index (χ0n) is 21.7. The smallest absolute Gasteiger partial charge is 0.407 e. The van der Waals surface area contributed by atoms with Crippen LogP contribution in [0.1, 0.15) is 70.5 Å². The highest BCUT2D eigenvalue weighted by Crippen LogP contribution is 2.51. The summed E-state index contributed by atoms with van der Waals surface area (Å²) in [6, 6.07) is 15.0. The summed E-state index contributed by atoms with van der Waals surface area (Å²) < 4.78 is 11.8. The Hall–Kier alpha value is -2.53. The average molecular weight is 477 g/mol. The third-order valence-electron chi connectivity index (χ3n) is 8.69. The van der Waals surface area contributed by atoms with E-state index >= 15 is 0 Å². The summed E-state index contributed by atoms with van der Waals surface area (Å²) in [4.78, 5) is 15.5. The highest BCUT2D eigenvalue weighted by Gasteiger charge is 2.45. The standard InChI is InChI=1S/C30H40N2O3/c1-5-30(6-2)18-24-17-23(21-7-10-25(11-8-21)34-20(3)4)9-12-26(24)28(30)31-29(33)35-27-19-32-15-13-22(27)14-16-32/h7-12,17,20,22,27-28H,5-6,13-16,18-19H2,1-4H3,(H,31,33)/t27-,28?/m0/s1. The fourth-order valence-electron chi connectivity index (χ4n) is 6.50. The molecule has 1 aliphatic carbocycles. The molecule has 5 heteroatoms. The van der Waals surface area contributed by atoms with Crippen LogP contribution in [0.15, 0.2) is 42.5 Å². The van der Waals surface area contributed by atoms with Gasteiger partial charge in [0.15, 0.2) is 0 Å². The van der Waals surface area contributed by atoms with Crippen molar-refractivity contribution in [2.24, 2.45) is 11.3 Å². The average Bonchev–Trinajstić information content (AvgIpc) is 3.17. The lowest BCUT2D eigenvalue weighted by molar-refractivity contribution is -0.0353. The first kappa shape index (κ1) is 24.2. The Morgan fingerprint density at radius 2 is 1.74 bits per heavy atom. The van der Waals surface area contributed by atoms with E-state index in [2.05, 4.69) is 54.4 Å². The molecule has 0 radical (unpaired) electrons. The number of fused-ring (bicyclic) bond motifs is 4. The molecule has 3 aliphatic heterocycles. The summed E-state index contributed by atoms with van der Waals surface area (Å²) >= 11 is 0. The minimum absolute atomic E-state index is 0.0167. The van der Waals surface area contributed by atoms with E-state index in [0.717, 1.165) is 57.5 Å². The Balaban J connectivity index is 1.34. The molecule has 0 spiro atoms. The fraction of sp³-hybridized carbons (Fsp3) is 0.567. The summed E-state index contributed by atoms with van der Waals surface area (Å²) in [6.07, 6.45) is 5.23. The highest BCUT2D eigenvalue weighted by molar-refractivity contribution is 5.70. The summed E-state index contributed by atoms with van der Waals surface area (Å²) in [5.41, 5.74) is 4.98. The van der Waals surface area contributed by atoms with Crippen molar-refractivity contribution in [1.82, 2.24) is 10.2 Å². The number of nitrogens with zero attached hydrogens (tertiary/aromatic N) is 1. The molecule has 0 saturated carbocycles. The molecule has 3 heterocycles. The lowest BCUT2D eigenvalue weighted by Gasteiger charge is -2.44. The minimum Gasteiger partial charge on any atom is -0.491 e. The van der Waals surface area contributed by atoms with Gasteiger partial charge in [-0.15, -0.1) is 0 Å². The van der Waals surface area contributed by atoms with Crippen LogP contribution in [0.3, 0.4) is 0 Å². The van der Waals surface area contributed by atoms with Crippen LogP contribution in [0.5, 0.6) is 5.75 Å². The number of rotatable bonds is 7. The molecule has 2 aromatic carbocycles. The first-order valence-corrected chi connectivity index (χ1v) is 13.5. The third-order valence-corrected chi connectivity index (χ3v) is 8.69. The van der Waals surface area contributed by atoms with Crippen molar-refractivity contribution in [3.05, 3.63) is 53.6 Å². The van der Waals surface area contributed by atoms with Crippen molar-refractivity contribution < 1.29 is 14.3 Å². The monoisotopic (exact) mass is 476 g/mol. The van der Waals surface area contributed by atoms with Crippen molar-refractivity contribution in [3.8, 4) is 16.9 Å². The number of piperidine rings is 3. The maximum atomic E-state index is 13.1. The number of amides is 1. The van der Waals surface area contributed by atoms with Crippen molar-refractivity contribution in [1.29, 1.82) is 0 Å². The summed E-state index contributed by atoms with van der Waals surface area (Å²) in [7, 11) is 0. The molecule has 1 N–H and O–H groups in total. The van der Waals surface area contributed by atoms with Crippen LogP contribution in [0.2, 0.25) is 0 Å². The Labute approximate surface area is 210 Å². The predicted molar refractivity (Wildman–Crippen MR) is 140 cm³/mol. The number of ether oxygens (including phenoxy) is 2. The van der Waals surface area contributed by atoms with Crippen molar-refractivity contribution in [3.63, 3.8) is 0 Å². The van der Waals surface area contributed by atoms with Gasteiger partial charge in [-0.25, -0.2) is 4.79 Å². The predicted octanol–water partition coefficient (Wildman–Crippen LogP) is 6.36. The zero-order valence-corrected chi connectivity index (χ0v) is 21.7. The van der Waals surface area contributed by atoms with Crippen LogP contribution in [-0.2, 0) is 11.2 Å². The van der Waals surface area contributed by atoms with Gasteiger partial charge in [0.25, 0.3) is 0 Å². The van der Waals surface area contributed by atoms with Gasteiger partial charge in [-0.05, 0) is 105 Å². The SMILES string of the molecule is CCC1(CC)Cc2cc(-c3ccc(OC(C)C)cc3)ccc2C1NC(=O)O[C@H]1CN2CCC1CC2. The Kier molecular flexibility index (Phi) is 6.80. The first-order chi connectivity index (χ1) is 16.9. The highest BCUT2D eigenvalue weighted by atomic mass is 16.6. The largest absolute Gasteiger partial charge is 0.491 e. The van der Waals surface area contributed by atoms with Crippen LogP contribution in [0.4, 0.5) is 4.79 Å². The van der Waals surface area contributed by atoms with E-state index in [0.29, 0.717) is 5.92 Å². The lowest BCUT2D eigenvalue weighted by Crippen LogP contribution is -2.53. The van der Waals surface area contributed by atoms with E-state index < -0.39 is 0 Å². The maximum absolute atomic E-state index is 13.1. The van der Waals surface area contributed by atoms with Crippen molar-refractivity contribution >= 4 is 6.09 Å². The molecule has 3 saturated heterocycles. The molecule has 6 rings (SSSR count). The molecule has 5 nitrogen and oxygen atoms in total. The Morgan fingerprint density at radius 1 is 1.06 bits per heavy atom. The molecule has 2 bridgehead atoms. The molecule has 2 atom stereocenters. The zero-order chi connectivity index (χ0) is 24.6. The van der Waals surface area contributed by atoms with Gasteiger partial charge in [0, 0.05) is 6.54 Å². The van der Waals surface area contributed by atoms with E-state index in [-0.39, 0.29) is 29.8 Å². The molecular weight excluding hydrogens is 436 g/mol. The maximum Gasteiger partial charge on any atom is 0.407 e. The van der Waals surface area contributed by atoms with Crippen LogP contribution in [0, 0.1) is 11.3 Å². The molecule has 188 valence electrons. The van der Waals surface area contributed by atoms with Gasteiger partial charge in [0.05, 0.1) is 12.1 Å². The number of hydrogen-bond acceptors (Lipinski definition) is 4. The van der Waals surface area contributed by atoms with E-state index in [1.165, 1.54) is 22.3 Å². The molecule has 35 heavy (non-hydrogen) atoms. The van der Waals surface area contributed by atoms with E-state index in [1.54, 1.807) is 0 Å². The van der Waals surface area contributed by atoms with Crippen LogP contribution in [-0.4, -0.2) is 42.8 Å². The molecule has 1 unspecified atom stereocenters. The van der Waals surface area contributed by atoms with Gasteiger partial charge in [0.2, 0.25) is 0 Å². The Bertz CT molecular complexity index is 1040. The Morgan fingerprint density at radius 3 is 2.34 bits per heavy atom.